The summed E-state index contributed by atoms with van der Waals surface area (Å²) in [6.45, 7) is -0.604. The van der Waals surface area contributed by atoms with Crippen molar-refractivity contribution >= 4 is 11.9 Å². The molecule has 2 aliphatic rings. The number of carbonyl (C=O) groups excluding carboxylic acids is 2. The molecule has 0 amide bonds. The molecule has 35 heavy (non-hydrogen) atoms. The van der Waals surface area contributed by atoms with Crippen molar-refractivity contribution in [2.24, 2.45) is 0 Å². The lowest BCUT2D eigenvalue weighted by atomic mass is 9.86. The maximum Gasteiger partial charge on any atom is 0.339 e. The van der Waals surface area contributed by atoms with Crippen LogP contribution in [0.25, 0.3) is 0 Å². The summed E-state index contributed by atoms with van der Waals surface area (Å²) in [7, 11) is 2.39. The Labute approximate surface area is 197 Å². The fraction of sp³-hybridized carbons (Fsp3) is 0.364. The van der Waals surface area contributed by atoms with Crippen LogP contribution in [0.1, 0.15) is 32.4 Å². The molecule has 0 unspecified atom stereocenters. The molecule has 0 radical (unpaired) electrons. The number of esters is 2. The fourth-order valence-electron chi connectivity index (χ4n) is 4.10. The van der Waals surface area contributed by atoms with Crippen LogP contribution in [0.5, 0.6) is 34.5 Å². The molecule has 1 fully saturated rings. The van der Waals surface area contributed by atoms with E-state index in [0.717, 1.165) is 18.2 Å². The van der Waals surface area contributed by atoms with Crippen molar-refractivity contribution in [3.05, 3.63) is 34.9 Å². The number of aliphatic hydroxyl groups excluding tert-OH is 2. The number of aromatic hydroxyl groups is 4. The summed E-state index contributed by atoms with van der Waals surface area (Å²) in [5.74, 6) is -4.76. The molecule has 13 nitrogen and oxygen atoms in total. The third kappa shape index (κ3) is 3.99. The highest BCUT2D eigenvalue weighted by molar-refractivity contribution is 5.95. The van der Waals surface area contributed by atoms with Gasteiger partial charge in [0.2, 0.25) is 11.5 Å². The lowest BCUT2D eigenvalue weighted by molar-refractivity contribution is -0.235. The van der Waals surface area contributed by atoms with E-state index in [1.165, 1.54) is 14.2 Å². The fourth-order valence-corrected chi connectivity index (χ4v) is 4.10. The summed E-state index contributed by atoms with van der Waals surface area (Å²) in [4.78, 5) is 24.8. The summed E-state index contributed by atoms with van der Waals surface area (Å²) in [5.41, 5.74) is -0.627. The highest BCUT2D eigenvalue weighted by Crippen LogP contribution is 2.50. The molecule has 2 aromatic carbocycles. The molecule has 0 spiro atoms. The maximum absolute atomic E-state index is 12.4. The van der Waals surface area contributed by atoms with Crippen molar-refractivity contribution in [1.29, 1.82) is 0 Å². The lowest BCUT2D eigenvalue weighted by Gasteiger charge is -2.44. The van der Waals surface area contributed by atoms with Gasteiger partial charge in [0.1, 0.15) is 31.0 Å². The molecule has 4 rings (SSSR count). The van der Waals surface area contributed by atoms with Crippen LogP contribution in [-0.4, -0.2) is 87.8 Å². The van der Waals surface area contributed by atoms with Gasteiger partial charge in [-0.1, -0.05) is 0 Å². The topological polar surface area (TPSA) is 202 Å². The number of rotatable bonds is 5. The quantitative estimate of drug-likeness (QED) is 0.306. The normalized spacial score (nSPS) is 25.1. The van der Waals surface area contributed by atoms with Gasteiger partial charge in [-0.15, -0.1) is 0 Å². The van der Waals surface area contributed by atoms with E-state index < -0.39 is 72.1 Å². The predicted molar refractivity (Wildman–Crippen MR) is 112 cm³/mol. The third-order valence-corrected chi connectivity index (χ3v) is 5.78. The average Bonchev–Trinajstić information content (AvgIpc) is 2.81. The number of methoxy groups -OCH3 is 2. The minimum atomic E-state index is -1.69. The molecule has 13 heteroatoms. The van der Waals surface area contributed by atoms with E-state index in [9.17, 15) is 40.2 Å². The third-order valence-electron chi connectivity index (χ3n) is 5.78. The van der Waals surface area contributed by atoms with Crippen molar-refractivity contribution in [1.82, 2.24) is 0 Å². The number of ether oxygens (including phenoxy) is 5. The molecule has 2 aliphatic heterocycles. The van der Waals surface area contributed by atoms with Crippen molar-refractivity contribution < 1.29 is 63.9 Å². The zero-order chi connectivity index (χ0) is 25.6. The average molecular weight is 494 g/mol. The van der Waals surface area contributed by atoms with Crippen LogP contribution in [0.15, 0.2) is 18.2 Å². The zero-order valence-electron chi connectivity index (χ0n) is 18.4. The van der Waals surface area contributed by atoms with Gasteiger partial charge in [-0.3, -0.25) is 0 Å². The molecule has 2 heterocycles. The minimum Gasteiger partial charge on any atom is -0.504 e. The highest BCUT2D eigenvalue weighted by atomic mass is 16.6. The second-order valence-corrected chi connectivity index (χ2v) is 7.83. The number of carbonyl (C=O) groups is 2. The van der Waals surface area contributed by atoms with Gasteiger partial charge in [-0.2, -0.15) is 0 Å². The molecular formula is C22H22O13. The summed E-state index contributed by atoms with van der Waals surface area (Å²) in [6.07, 6.45) is -7.44. The van der Waals surface area contributed by atoms with E-state index in [1.807, 2.05) is 0 Å². The number of hydrogen-bond donors (Lipinski definition) is 6. The summed E-state index contributed by atoms with van der Waals surface area (Å²) in [5, 5.41) is 61.4. The van der Waals surface area contributed by atoms with E-state index in [-0.39, 0.29) is 28.2 Å². The first kappa shape index (κ1) is 24.2. The molecule has 0 aliphatic carbocycles. The molecule has 0 aromatic heterocycles. The number of benzene rings is 2. The monoisotopic (exact) mass is 494 g/mol. The van der Waals surface area contributed by atoms with Crippen LogP contribution in [0, 0.1) is 0 Å². The second kappa shape index (κ2) is 9.02. The Balaban J connectivity index is 1.59. The first-order valence-electron chi connectivity index (χ1n) is 10.2. The van der Waals surface area contributed by atoms with E-state index in [2.05, 4.69) is 0 Å². The van der Waals surface area contributed by atoms with Crippen LogP contribution < -0.4 is 9.47 Å². The highest BCUT2D eigenvalue weighted by Gasteiger charge is 2.52. The molecular weight excluding hydrogens is 472 g/mol. The first-order chi connectivity index (χ1) is 16.6. The van der Waals surface area contributed by atoms with Crippen LogP contribution in [0.3, 0.4) is 0 Å². The van der Waals surface area contributed by atoms with Crippen LogP contribution >= 0.6 is 0 Å². The molecule has 5 atom stereocenters. The molecule has 0 saturated carbocycles. The number of fused-ring (bicyclic) bond motifs is 3. The number of phenolic OH excluding ortho intramolecular Hbond substituents is 4. The number of hydrogen-bond acceptors (Lipinski definition) is 13. The maximum atomic E-state index is 12.4. The summed E-state index contributed by atoms with van der Waals surface area (Å²) in [6, 6.07) is 3.00. The Hall–Kier alpha value is -3.94. The molecule has 1 saturated heterocycles. The largest absolute Gasteiger partial charge is 0.504 e. The van der Waals surface area contributed by atoms with Crippen molar-refractivity contribution in [2.45, 2.75) is 30.5 Å². The van der Waals surface area contributed by atoms with Gasteiger partial charge >= 0.3 is 11.9 Å². The smallest absolute Gasteiger partial charge is 0.339 e. The van der Waals surface area contributed by atoms with Gasteiger partial charge in [0.05, 0.1) is 25.3 Å². The second-order valence-electron chi connectivity index (χ2n) is 7.83. The van der Waals surface area contributed by atoms with Gasteiger partial charge in [0, 0.05) is 5.56 Å². The van der Waals surface area contributed by atoms with E-state index in [4.69, 9.17) is 23.7 Å². The van der Waals surface area contributed by atoms with E-state index in [0.29, 0.717) is 0 Å². The Morgan fingerprint density at radius 2 is 1.54 bits per heavy atom. The Bertz CT molecular complexity index is 1150. The van der Waals surface area contributed by atoms with Gasteiger partial charge < -0.3 is 54.3 Å². The van der Waals surface area contributed by atoms with Crippen molar-refractivity contribution in [3.8, 4) is 34.5 Å². The molecule has 0 bridgehead atoms. The minimum absolute atomic E-state index is 0.145. The standard InChI is InChI=1S/C22H22O13/c1-31-17-9(23)3-7(4-10(17)24)21(29)33-6-12-14(26)16(28)20-19(34-12)13-8(22(30)35-20)5-11(25)18(32-2)15(13)27/h3-5,12,14,16,19-20,23-28H,6H2,1-2H3/t12-,14-,16+,19+,20-/m1/s1. The lowest BCUT2D eigenvalue weighted by Crippen LogP contribution is -2.58. The summed E-state index contributed by atoms with van der Waals surface area (Å²) < 4.78 is 25.8. The Morgan fingerprint density at radius 3 is 2.14 bits per heavy atom. The van der Waals surface area contributed by atoms with E-state index in [1.54, 1.807) is 0 Å². The van der Waals surface area contributed by atoms with Crippen LogP contribution in [0.4, 0.5) is 0 Å². The van der Waals surface area contributed by atoms with Gasteiger partial charge in [0.15, 0.2) is 29.1 Å². The molecule has 2 aromatic rings. The Morgan fingerprint density at radius 1 is 0.943 bits per heavy atom. The SMILES string of the molecule is COc1c(O)cc(C(=O)OC[C@H]2O[C@H]3c4c(cc(O)c(OC)c4O)C(=O)O[C@@H]3[C@@H](O)[C@@H]2O)cc1O. The van der Waals surface area contributed by atoms with Crippen molar-refractivity contribution in [2.75, 3.05) is 20.8 Å². The summed E-state index contributed by atoms with van der Waals surface area (Å²) >= 11 is 0. The van der Waals surface area contributed by atoms with Crippen LogP contribution in [-0.2, 0) is 14.2 Å². The van der Waals surface area contributed by atoms with Gasteiger partial charge in [-0.05, 0) is 18.2 Å². The molecule has 6 N–H and O–H groups in total. The molecule has 188 valence electrons. The Kier molecular flexibility index (Phi) is 6.23. The van der Waals surface area contributed by atoms with Gasteiger partial charge in [-0.25, -0.2) is 9.59 Å². The zero-order valence-corrected chi connectivity index (χ0v) is 18.4. The van der Waals surface area contributed by atoms with E-state index >= 15 is 0 Å². The number of aliphatic hydroxyl groups is 2. The van der Waals surface area contributed by atoms with Crippen LogP contribution in [0.2, 0.25) is 0 Å². The first-order valence-corrected chi connectivity index (χ1v) is 10.2. The predicted octanol–water partition coefficient (Wildman–Crippen LogP) is 0.0839. The van der Waals surface area contributed by atoms with Gasteiger partial charge in [0.25, 0.3) is 0 Å². The number of phenols is 4. The van der Waals surface area contributed by atoms with Crippen molar-refractivity contribution in [3.63, 3.8) is 0 Å².